The van der Waals surface area contributed by atoms with Gasteiger partial charge in [0, 0.05) is 6.04 Å². The Kier molecular flexibility index (Phi) is 4.90. The number of carboxylic acid groups (broad SMARTS) is 1. The van der Waals surface area contributed by atoms with Gasteiger partial charge in [-0.05, 0) is 26.0 Å². The summed E-state index contributed by atoms with van der Waals surface area (Å²) in [6.07, 6.45) is 0. The number of carbonyl (C=O) groups is 2. The van der Waals surface area contributed by atoms with Gasteiger partial charge in [0.1, 0.15) is 6.54 Å². The standard InChI is InChI=1S/C11H15NO7S/c1-7(2)12(6-9(13)14)20(16,17)10-5-4-8(19-10)11(15)18-3/h4-5,7H,6H2,1-3H3,(H,13,14). The lowest BCUT2D eigenvalue weighted by atomic mass is 10.4. The second-order valence-corrected chi connectivity index (χ2v) is 5.97. The second-order valence-electron chi connectivity index (χ2n) is 4.15. The molecule has 0 amide bonds. The van der Waals surface area contributed by atoms with Crippen LogP contribution < -0.4 is 0 Å². The molecule has 0 saturated carbocycles. The third kappa shape index (κ3) is 3.36. The van der Waals surface area contributed by atoms with Crippen LogP contribution in [0.3, 0.4) is 0 Å². The number of nitrogens with zero attached hydrogens (tertiary/aromatic N) is 1. The molecule has 1 heterocycles. The van der Waals surface area contributed by atoms with E-state index in [1.54, 1.807) is 0 Å². The number of aliphatic carboxylic acids is 1. The van der Waals surface area contributed by atoms with Crippen LogP contribution in [0.25, 0.3) is 0 Å². The highest BCUT2D eigenvalue weighted by Gasteiger charge is 2.32. The third-order valence-electron chi connectivity index (χ3n) is 2.40. The molecule has 112 valence electrons. The quantitative estimate of drug-likeness (QED) is 0.763. The summed E-state index contributed by atoms with van der Waals surface area (Å²) in [5, 5.41) is 8.26. The number of sulfonamides is 1. The predicted octanol–water partition coefficient (Wildman–Crippen LogP) is 0.550. The molecule has 0 aliphatic heterocycles. The van der Waals surface area contributed by atoms with Gasteiger partial charge in [-0.15, -0.1) is 0 Å². The van der Waals surface area contributed by atoms with Crippen molar-refractivity contribution >= 4 is 22.0 Å². The van der Waals surface area contributed by atoms with Crippen molar-refractivity contribution in [2.24, 2.45) is 0 Å². The van der Waals surface area contributed by atoms with Crippen LogP contribution in [-0.4, -0.2) is 49.5 Å². The minimum absolute atomic E-state index is 0.273. The Bertz CT molecular complexity index is 602. The highest BCUT2D eigenvalue weighted by atomic mass is 32.2. The van der Waals surface area contributed by atoms with Crippen LogP contribution in [-0.2, 0) is 19.6 Å². The van der Waals surface area contributed by atoms with Gasteiger partial charge in [0.2, 0.25) is 10.9 Å². The zero-order valence-corrected chi connectivity index (χ0v) is 12.0. The van der Waals surface area contributed by atoms with E-state index < -0.39 is 39.6 Å². The molecule has 0 aromatic carbocycles. The number of hydrogen-bond acceptors (Lipinski definition) is 6. The number of carboxylic acids is 1. The fourth-order valence-corrected chi connectivity index (χ4v) is 2.96. The lowest BCUT2D eigenvalue weighted by molar-refractivity contribution is -0.137. The van der Waals surface area contributed by atoms with Gasteiger partial charge in [-0.25, -0.2) is 13.2 Å². The smallest absolute Gasteiger partial charge is 0.374 e. The van der Waals surface area contributed by atoms with Crippen LogP contribution in [0, 0.1) is 0 Å². The molecule has 8 nitrogen and oxygen atoms in total. The predicted molar refractivity (Wildman–Crippen MR) is 66.7 cm³/mol. The van der Waals surface area contributed by atoms with Gasteiger partial charge in [0.15, 0.2) is 0 Å². The van der Waals surface area contributed by atoms with Gasteiger partial charge in [0.05, 0.1) is 7.11 Å². The van der Waals surface area contributed by atoms with E-state index in [4.69, 9.17) is 9.52 Å². The molecule has 20 heavy (non-hydrogen) atoms. The minimum atomic E-state index is -4.14. The summed E-state index contributed by atoms with van der Waals surface area (Å²) in [5.41, 5.74) is 0. The molecule has 1 N–H and O–H groups in total. The monoisotopic (exact) mass is 305 g/mol. The van der Waals surface area contributed by atoms with E-state index in [-0.39, 0.29) is 5.76 Å². The van der Waals surface area contributed by atoms with Gasteiger partial charge in [-0.3, -0.25) is 4.79 Å². The first-order valence-electron chi connectivity index (χ1n) is 5.62. The summed E-state index contributed by atoms with van der Waals surface area (Å²) in [6.45, 7) is 2.36. The molecule has 0 atom stereocenters. The maximum absolute atomic E-state index is 12.3. The molecule has 0 fully saturated rings. The fraction of sp³-hybridized carbons (Fsp3) is 0.455. The van der Waals surface area contributed by atoms with Crippen molar-refractivity contribution < 1.29 is 32.3 Å². The van der Waals surface area contributed by atoms with Crippen molar-refractivity contribution in [2.45, 2.75) is 25.0 Å². The molecule has 1 aromatic heterocycles. The van der Waals surface area contributed by atoms with Gasteiger partial charge >= 0.3 is 11.9 Å². The Balaban J connectivity index is 3.16. The fourth-order valence-electron chi connectivity index (χ4n) is 1.46. The zero-order valence-electron chi connectivity index (χ0n) is 11.2. The molecule has 0 unspecified atom stereocenters. The van der Waals surface area contributed by atoms with Crippen LogP contribution in [0.2, 0.25) is 0 Å². The molecule has 0 saturated heterocycles. The van der Waals surface area contributed by atoms with Gasteiger partial charge in [0.25, 0.3) is 10.0 Å². The molecule has 0 radical (unpaired) electrons. The summed E-state index contributed by atoms with van der Waals surface area (Å²) in [7, 11) is -3.01. The molecule has 9 heteroatoms. The number of esters is 1. The van der Waals surface area contributed by atoms with Crippen molar-refractivity contribution in [1.82, 2.24) is 4.31 Å². The normalized spacial score (nSPS) is 11.8. The maximum Gasteiger partial charge on any atom is 0.374 e. The summed E-state index contributed by atoms with van der Waals surface area (Å²) in [4.78, 5) is 22.0. The number of ether oxygens (including phenoxy) is 1. The SMILES string of the molecule is COC(=O)c1ccc(S(=O)(=O)N(CC(=O)O)C(C)C)o1. The molecular weight excluding hydrogens is 290 g/mol. The Morgan fingerprint density at radius 3 is 2.45 bits per heavy atom. The molecule has 0 aliphatic carbocycles. The third-order valence-corrected chi connectivity index (χ3v) is 4.29. The van der Waals surface area contributed by atoms with Crippen LogP contribution in [0.15, 0.2) is 21.6 Å². The highest BCUT2D eigenvalue weighted by molar-refractivity contribution is 7.89. The van der Waals surface area contributed by atoms with E-state index in [0.29, 0.717) is 0 Å². The van der Waals surface area contributed by atoms with Crippen molar-refractivity contribution in [3.63, 3.8) is 0 Å². The van der Waals surface area contributed by atoms with Crippen LogP contribution >= 0.6 is 0 Å². The van der Waals surface area contributed by atoms with E-state index in [1.165, 1.54) is 13.8 Å². The number of furan rings is 1. The van der Waals surface area contributed by atoms with Crippen molar-refractivity contribution in [2.75, 3.05) is 13.7 Å². The highest BCUT2D eigenvalue weighted by Crippen LogP contribution is 2.21. The van der Waals surface area contributed by atoms with Gasteiger partial charge < -0.3 is 14.3 Å². The first-order chi connectivity index (χ1) is 9.20. The summed E-state index contributed by atoms with van der Waals surface area (Å²) in [6, 6.07) is 1.65. The average molecular weight is 305 g/mol. The Labute approximate surface area is 116 Å². The lowest BCUT2D eigenvalue weighted by Gasteiger charge is -2.22. The van der Waals surface area contributed by atoms with E-state index >= 15 is 0 Å². The van der Waals surface area contributed by atoms with E-state index in [2.05, 4.69) is 4.74 Å². The van der Waals surface area contributed by atoms with Crippen molar-refractivity contribution in [1.29, 1.82) is 0 Å². The first-order valence-corrected chi connectivity index (χ1v) is 7.06. The summed E-state index contributed by atoms with van der Waals surface area (Å²) < 4.78 is 34.6. The Morgan fingerprint density at radius 2 is 2.00 bits per heavy atom. The Hall–Kier alpha value is -1.87. The number of methoxy groups -OCH3 is 1. The van der Waals surface area contributed by atoms with Crippen LogP contribution in [0.5, 0.6) is 0 Å². The van der Waals surface area contributed by atoms with Crippen LogP contribution in [0.4, 0.5) is 0 Å². The first kappa shape index (κ1) is 16.2. The van der Waals surface area contributed by atoms with Crippen molar-refractivity contribution in [3.8, 4) is 0 Å². The summed E-state index contributed by atoms with van der Waals surface area (Å²) in [5.74, 6) is -2.38. The lowest BCUT2D eigenvalue weighted by Crippen LogP contribution is -2.40. The zero-order chi connectivity index (χ0) is 15.5. The van der Waals surface area contributed by atoms with E-state index in [0.717, 1.165) is 23.5 Å². The van der Waals surface area contributed by atoms with E-state index in [9.17, 15) is 18.0 Å². The largest absolute Gasteiger partial charge is 0.480 e. The van der Waals surface area contributed by atoms with Crippen LogP contribution in [0.1, 0.15) is 24.4 Å². The second kappa shape index (κ2) is 6.06. The maximum atomic E-state index is 12.3. The molecule has 0 bridgehead atoms. The summed E-state index contributed by atoms with van der Waals surface area (Å²) >= 11 is 0. The molecule has 0 spiro atoms. The molecule has 1 aromatic rings. The van der Waals surface area contributed by atoms with Gasteiger partial charge in [-0.1, -0.05) is 0 Å². The molecular formula is C11H15NO7S. The number of hydrogen-bond donors (Lipinski definition) is 1. The minimum Gasteiger partial charge on any atom is -0.480 e. The topological polar surface area (TPSA) is 114 Å². The molecule has 1 rings (SSSR count). The van der Waals surface area contributed by atoms with Crippen molar-refractivity contribution in [3.05, 3.63) is 17.9 Å². The van der Waals surface area contributed by atoms with E-state index in [1.807, 2.05) is 0 Å². The van der Waals surface area contributed by atoms with Gasteiger partial charge in [-0.2, -0.15) is 4.31 Å². The molecule has 0 aliphatic rings. The number of carbonyl (C=O) groups excluding carboxylic acids is 1. The number of rotatable bonds is 6. The Morgan fingerprint density at radius 1 is 1.40 bits per heavy atom. The average Bonchev–Trinajstić information content (AvgIpc) is 2.84.